The highest BCUT2D eigenvalue weighted by Crippen LogP contribution is 2.13. The second-order valence-corrected chi connectivity index (χ2v) is 8.97. The maximum Gasteiger partial charge on any atom is 0.308 e. The van der Waals surface area contributed by atoms with E-state index in [4.69, 9.17) is 9.47 Å². The zero-order valence-electron chi connectivity index (χ0n) is 21.1. The summed E-state index contributed by atoms with van der Waals surface area (Å²) in [5.41, 5.74) is 0. The maximum absolute atomic E-state index is 12.0. The van der Waals surface area contributed by atoms with Gasteiger partial charge in [0, 0.05) is 19.3 Å². The van der Waals surface area contributed by atoms with Gasteiger partial charge in [-0.15, -0.1) is 0 Å². The molecule has 0 N–H and O–H groups in total. The topological polar surface area (TPSA) is 52.6 Å². The van der Waals surface area contributed by atoms with Gasteiger partial charge in [0.1, 0.15) is 0 Å². The third-order valence-corrected chi connectivity index (χ3v) is 5.83. The number of carbonyl (C=O) groups is 2. The zero-order chi connectivity index (χ0) is 23.0. The van der Waals surface area contributed by atoms with Crippen molar-refractivity contribution in [2.75, 3.05) is 0 Å². The highest BCUT2D eigenvalue weighted by Gasteiger charge is 2.16. The van der Waals surface area contributed by atoms with Gasteiger partial charge in [0.25, 0.3) is 0 Å². The fourth-order valence-electron chi connectivity index (χ4n) is 3.76. The zero-order valence-corrected chi connectivity index (χ0v) is 21.1. The Morgan fingerprint density at radius 2 is 0.774 bits per heavy atom. The molecule has 184 valence electrons. The summed E-state index contributed by atoms with van der Waals surface area (Å²) >= 11 is 0. The van der Waals surface area contributed by atoms with Crippen LogP contribution in [-0.4, -0.2) is 18.2 Å². The molecule has 0 bridgehead atoms. The molecule has 0 aromatic heterocycles. The van der Waals surface area contributed by atoms with Gasteiger partial charge in [0.2, 0.25) is 6.29 Å². The van der Waals surface area contributed by atoms with E-state index in [0.29, 0.717) is 19.3 Å². The molecule has 0 aliphatic rings. The lowest BCUT2D eigenvalue weighted by atomic mass is 10.1. The van der Waals surface area contributed by atoms with Crippen LogP contribution in [0.2, 0.25) is 0 Å². The van der Waals surface area contributed by atoms with Gasteiger partial charge < -0.3 is 9.47 Å². The lowest BCUT2D eigenvalue weighted by Gasteiger charge is -2.16. The van der Waals surface area contributed by atoms with Crippen molar-refractivity contribution in [2.45, 2.75) is 162 Å². The van der Waals surface area contributed by atoms with E-state index in [0.717, 1.165) is 25.7 Å². The van der Waals surface area contributed by atoms with E-state index in [2.05, 4.69) is 13.8 Å². The van der Waals surface area contributed by atoms with Gasteiger partial charge >= 0.3 is 11.9 Å². The quantitative estimate of drug-likeness (QED) is 0.0906. The first-order valence-corrected chi connectivity index (χ1v) is 13.5. The third kappa shape index (κ3) is 21.9. The van der Waals surface area contributed by atoms with Crippen LogP contribution in [0, 0.1) is 0 Å². The molecule has 0 aromatic rings. The number of hydrogen-bond acceptors (Lipinski definition) is 4. The molecular weight excluding hydrogens is 388 g/mol. The van der Waals surface area contributed by atoms with Gasteiger partial charge in [-0.25, -0.2) is 0 Å². The molecule has 0 amide bonds. The summed E-state index contributed by atoms with van der Waals surface area (Å²) in [5, 5.41) is 0. The van der Waals surface area contributed by atoms with Gasteiger partial charge in [-0.3, -0.25) is 9.59 Å². The SMILES string of the molecule is CCCCCCCCCCCC(=O)OC(CC)OC(=O)CCCCCCCCCCC. The Morgan fingerprint density at radius 1 is 0.484 bits per heavy atom. The minimum Gasteiger partial charge on any atom is -0.425 e. The van der Waals surface area contributed by atoms with E-state index in [1.807, 2.05) is 6.92 Å². The number of carbonyl (C=O) groups excluding carboxylic acids is 2. The van der Waals surface area contributed by atoms with E-state index in [-0.39, 0.29) is 11.9 Å². The van der Waals surface area contributed by atoms with Gasteiger partial charge in [-0.1, -0.05) is 124 Å². The molecule has 0 radical (unpaired) electrons. The van der Waals surface area contributed by atoms with E-state index in [1.165, 1.54) is 89.9 Å². The first kappa shape index (κ1) is 29.9. The molecule has 0 aromatic carbocycles. The van der Waals surface area contributed by atoms with Crippen molar-refractivity contribution in [3.8, 4) is 0 Å². The average Bonchev–Trinajstić information content (AvgIpc) is 2.76. The summed E-state index contributed by atoms with van der Waals surface area (Å²) in [6.45, 7) is 6.35. The van der Waals surface area contributed by atoms with Gasteiger partial charge in [-0.05, 0) is 12.8 Å². The van der Waals surface area contributed by atoms with Crippen LogP contribution in [0.1, 0.15) is 156 Å². The summed E-state index contributed by atoms with van der Waals surface area (Å²) < 4.78 is 10.7. The first-order valence-electron chi connectivity index (χ1n) is 13.5. The van der Waals surface area contributed by atoms with Crippen LogP contribution in [0.3, 0.4) is 0 Å². The standard InChI is InChI=1S/C27H52O4/c1-4-7-9-11-13-15-17-19-21-23-25(28)30-27(6-3)31-26(29)24-22-20-18-16-14-12-10-8-5-2/h27H,4-24H2,1-3H3. The van der Waals surface area contributed by atoms with Gasteiger partial charge in [0.05, 0.1) is 0 Å². The number of hydrogen-bond donors (Lipinski definition) is 0. The largest absolute Gasteiger partial charge is 0.425 e. The summed E-state index contributed by atoms with van der Waals surface area (Å²) in [7, 11) is 0. The molecule has 0 unspecified atom stereocenters. The monoisotopic (exact) mass is 440 g/mol. The molecule has 0 saturated carbocycles. The van der Waals surface area contributed by atoms with Crippen molar-refractivity contribution in [1.82, 2.24) is 0 Å². The fraction of sp³-hybridized carbons (Fsp3) is 0.926. The molecule has 0 rings (SSSR count). The number of ether oxygens (including phenoxy) is 2. The predicted molar refractivity (Wildman–Crippen MR) is 130 cm³/mol. The van der Waals surface area contributed by atoms with E-state index in [9.17, 15) is 9.59 Å². The lowest BCUT2D eigenvalue weighted by Crippen LogP contribution is -2.23. The van der Waals surface area contributed by atoms with Gasteiger partial charge in [-0.2, -0.15) is 0 Å². The van der Waals surface area contributed by atoms with Crippen molar-refractivity contribution < 1.29 is 19.1 Å². The minimum absolute atomic E-state index is 0.245. The molecular formula is C27H52O4. The molecule has 0 aliphatic heterocycles. The van der Waals surface area contributed by atoms with Crippen LogP contribution in [0.15, 0.2) is 0 Å². The minimum atomic E-state index is -0.725. The van der Waals surface area contributed by atoms with Crippen LogP contribution < -0.4 is 0 Å². The summed E-state index contributed by atoms with van der Waals surface area (Å²) in [4.78, 5) is 24.0. The number of rotatable bonds is 23. The maximum atomic E-state index is 12.0. The lowest BCUT2D eigenvalue weighted by molar-refractivity contribution is -0.188. The molecule has 0 heterocycles. The van der Waals surface area contributed by atoms with E-state index >= 15 is 0 Å². The normalized spacial score (nSPS) is 11.1. The molecule has 0 spiro atoms. The number of esters is 2. The molecule has 4 heteroatoms. The first-order chi connectivity index (χ1) is 15.1. The second kappa shape index (κ2) is 23.6. The molecule has 31 heavy (non-hydrogen) atoms. The van der Waals surface area contributed by atoms with Crippen molar-refractivity contribution in [1.29, 1.82) is 0 Å². The predicted octanol–water partition coefficient (Wildman–Crippen LogP) is 8.65. The van der Waals surface area contributed by atoms with Crippen LogP contribution in [-0.2, 0) is 19.1 Å². The van der Waals surface area contributed by atoms with Crippen molar-refractivity contribution >= 4 is 11.9 Å². The van der Waals surface area contributed by atoms with E-state index in [1.54, 1.807) is 0 Å². The van der Waals surface area contributed by atoms with Crippen molar-refractivity contribution in [3.05, 3.63) is 0 Å². The summed E-state index contributed by atoms with van der Waals surface area (Å²) in [6.07, 6.45) is 22.6. The van der Waals surface area contributed by atoms with Crippen LogP contribution in [0.4, 0.5) is 0 Å². The Bertz CT molecular complexity index is 372. The Balaban J connectivity index is 3.64. The average molecular weight is 441 g/mol. The Morgan fingerprint density at radius 3 is 1.06 bits per heavy atom. The second-order valence-electron chi connectivity index (χ2n) is 8.97. The summed E-state index contributed by atoms with van der Waals surface area (Å²) in [6, 6.07) is 0. The van der Waals surface area contributed by atoms with Crippen LogP contribution in [0.5, 0.6) is 0 Å². The van der Waals surface area contributed by atoms with Crippen LogP contribution in [0.25, 0.3) is 0 Å². The molecule has 0 saturated heterocycles. The van der Waals surface area contributed by atoms with Gasteiger partial charge in [0.15, 0.2) is 0 Å². The van der Waals surface area contributed by atoms with Crippen molar-refractivity contribution in [2.24, 2.45) is 0 Å². The smallest absolute Gasteiger partial charge is 0.308 e. The van der Waals surface area contributed by atoms with Crippen molar-refractivity contribution in [3.63, 3.8) is 0 Å². The molecule has 0 aliphatic carbocycles. The third-order valence-electron chi connectivity index (χ3n) is 5.83. The highest BCUT2D eigenvalue weighted by molar-refractivity contribution is 5.71. The Labute approximate surface area is 193 Å². The highest BCUT2D eigenvalue weighted by atomic mass is 16.7. The molecule has 0 fully saturated rings. The Kier molecular flexibility index (Phi) is 22.8. The summed E-state index contributed by atoms with van der Waals surface area (Å²) in [5.74, 6) is -0.490. The Hall–Kier alpha value is -1.06. The molecule has 0 atom stereocenters. The molecule has 4 nitrogen and oxygen atoms in total. The fourth-order valence-corrected chi connectivity index (χ4v) is 3.76. The number of unbranched alkanes of at least 4 members (excludes halogenated alkanes) is 16. The van der Waals surface area contributed by atoms with Crippen LogP contribution >= 0.6 is 0 Å². The van der Waals surface area contributed by atoms with E-state index < -0.39 is 6.29 Å².